The number of hydrogen-bond acceptors (Lipinski definition) is 6. The molecule has 0 saturated heterocycles. The molecule has 7 nitrogen and oxygen atoms in total. The molecule has 1 aliphatic rings. The second-order valence-electron chi connectivity index (χ2n) is 5.78. The predicted molar refractivity (Wildman–Crippen MR) is 93.8 cm³/mol. The molecular weight excluding hydrogens is 338 g/mol. The molecule has 4 rings (SSSR count). The summed E-state index contributed by atoms with van der Waals surface area (Å²) in [6.07, 6.45) is 3.71. The second kappa shape index (κ2) is 5.97. The van der Waals surface area contributed by atoms with Crippen molar-refractivity contribution in [3.63, 3.8) is 0 Å². The fraction of sp³-hybridized carbons (Fsp3) is 0.176. The minimum Gasteiger partial charge on any atom is -0.379 e. The highest BCUT2D eigenvalue weighted by atomic mass is 35.5. The van der Waals surface area contributed by atoms with Crippen molar-refractivity contribution in [2.45, 2.75) is 18.9 Å². The molecule has 0 spiro atoms. The fourth-order valence-corrected chi connectivity index (χ4v) is 2.65. The van der Waals surface area contributed by atoms with Crippen LogP contribution >= 0.6 is 11.6 Å². The summed E-state index contributed by atoms with van der Waals surface area (Å²) in [5.74, 6) is 0.502. The van der Waals surface area contributed by atoms with Crippen LogP contribution < -0.4 is 10.6 Å². The summed E-state index contributed by atoms with van der Waals surface area (Å²) in [5, 5.41) is 29.7. The summed E-state index contributed by atoms with van der Waals surface area (Å²) in [5.41, 5.74) is 2.81. The van der Waals surface area contributed by atoms with Crippen LogP contribution in [0.4, 0.5) is 17.2 Å². The lowest BCUT2D eigenvalue weighted by atomic mass is 10.2. The Bertz CT molecular complexity index is 1050. The molecule has 0 atom stereocenters. The van der Waals surface area contributed by atoms with Crippen molar-refractivity contribution in [2.75, 3.05) is 10.6 Å². The van der Waals surface area contributed by atoms with Gasteiger partial charge in [-0.15, -0.1) is 5.10 Å². The van der Waals surface area contributed by atoms with Gasteiger partial charge in [-0.25, -0.2) is 4.98 Å². The Hall–Kier alpha value is -3.29. The number of hydrogen-bond donors (Lipinski definition) is 2. The third-order valence-electron chi connectivity index (χ3n) is 3.88. The Labute approximate surface area is 148 Å². The number of rotatable bonds is 4. The van der Waals surface area contributed by atoms with Gasteiger partial charge in [0.25, 0.3) is 0 Å². The molecule has 0 bridgehead atoms. The lowest BCUT2D eigenvalue weighted by Crippen LogP contribution is -2.08. The Morgan fingerprint density at radius 3 is 2.72 bits per heavy atom. The predicted octanol–water partition coefficient (Wildman–Crippen LogP) is 3.44. The molecule has 1 saturated carbocycles. The minimum absolute atomic E-state index is 0.342. The lowest BCUT2D eigenvalue weighted by Gasteiger charge is -2.12. The topological polar surface area (TPSA) is 102 Å². The highest BCUT2D eigenvalue weighted by Crippen LogP contribution is 2.31. The quantitative estimate of drug-likeness (QED) is 0.748. The highest BCUT2D eigenvalue weighted by Gasteiger charge is 2.23. The number of halogens is 1. The summed E-state index contributed by atoms with van der Waals surface area (Å²) in [4.78, 5) is 4.28. The van der Waals surface area contributed by atoms with Crippen molar-refractivity contribution >= 4 is 34.4 Å². The molecular formula is C17H12ClN7. The normalized spacial score (nSPS) is 13.2. The van der Waals surface area contributed by atoms with Gasteiger partial charge in [0.1, 0.15) is 6.07 Å². The van der Waals surface area contributed by atoms with E-state index in [0.29, 0.717) is 39.5 Å². The van der Waals surface area contributed by atoms with Crippen molar-refractivity contribution in [1.82, 2.24) is 14.6 Å². The molecule has 122 valence electrons. The molecule has 0 amide bonds. The molecule has 2 N–H and O–H groups in total. The van der Waals surface area contributed by atoms with Gasteiger partial charge in [-0.1, -0.05) is 11.6 Å². The SMILES string of the molecule is N#Cc1ccc(Cl)c(Nc2cc(NC3CC3)c3ncc(C#N)n3n2)c1. The molecule has 1 aromatic carbocycles. The van der Waals surface area contributed by atoms with Crippen molar-refractivity contribution in [1.29, 1.82) is 10.5 Å². The Morgan fingerprint density at radius 2 is 2.00 bits per heavy atom. The molecule has 0 aliphatic heterocycles. The maximum absolute atomic E-state index is 9.25. The van der Waals surface area contributed by atoms with E-state index in [1.54, 1.807) is 18.2 Å². The van der Waals surface area contributed by atoms with Gasteiger partial charge < -0.3 is 10.6 Å². The summed E-state index contributed by atoms with van der Waals surface area (Å²) in [7, 11) is 0. The lowest BCUT2D eigenvalue weighted by molar-refractivity contribution is 0.924. The molecule has 1 fully saturated rings. The van der Waals surface area contributed by atoms with E-state index in [4.69, 9.17) is 16.9 Å². The van der Waals surface area contributed by atoms with Gasteiger partial charge in [0.15, 0.2) is 17.2 Å². The summed E-state index contributed by atoms with van der Waals surface area (Å²) in [6, 6.07) is 11.4. The van der Waals surface area contributed by atoms with E-state index in [0.717, 1.165) is 18.5 Å². The number of nitrogens with zero attached hydrogens (tertiary/aromatic N) is 5. The van der Waals surface area contributed by atoms with E-state index in [9.17, 15) is 5.26 Å². The summed E-state index contributed by atoms with van der Waals surface area (Å²) in [6.45, 7) is 0. The molecule has 0 radical (unpaired) electrons. The summed E-state index contributed by atoms with van der Waals surface area (Å²) >= 11 is 6.21. The number of anilines is 3. The zero-order chi connectivity index (χ0) is 17.4. The average Bonchev–Trinajstić information content (AvgIpc) is 3.33. The molecule has 2 heterocycles. The second-order valence-corrected chi connectivity index (χ2v) is 6.19. The first kappa shape index (κ1) is 15.3. The van der Waals surface area contributed by atoms with Gasteiger partial charge in [0.2, 0.25) is 0 Å². The molecule has 2 aromatic heterocycles. The number of nitrogens with one attached hydrogen (secondary N) is 2. The minimum atomic E-state index is 0.342. The van der Waals surface area contributed by atoms with Crippen LogP contribution in [0, 0.1) is 22.7 Å². The number of imidazole rings is 1. The maximum atomic E-state index is 9.25. The third kappa shape index (κ3) is 2.93. The Balaban J connectivity index is 1.79. The van der Waals surface area contributed by atoms with Gasteiger partial charge in [-0.05, 0) is 31.0 Å². The highest BCUT2D eigenvalue weighted by molar-refractivity contribution is 6.33. The van der Waals surface area contributed by atoms with E-state index in [2.05, 4.69) is 32.9 Å². The third-order valence-corrected chi connectivity index (χ3v) is 4.21. The van der Waals surface area contributed by atoms with Crippen LogP contribution in [-0.4, -0.2) is 20.6 Å². The van der Waals surface area contributed by atoms with Gasteiger partial charge in [0.05, 0.1) is 34.2 Å². The number of fused-ring (bicyclic) bond motifs is 1. The van der Waals surface area contributed by atoms with Crippen LogP contribution in [0.2, 0.25) is 5.02 Å². The van der Waals surface area contributed by atoms with Crippen LogP contribution in [0.25, 0.3) is 5.65 Å². The Morgan fingerprint density at radius 1 is 1.16 bits per heavy atom. The van der Waals surface area contributed by atoms with Crippen LogP contribution in [0.15, 0.2) is 30.5 Å². The zero-order valence-corrected chi connectivity index (χ0v) is 13.7. The zero-order valence-electron chi connectivity index (χ0n) is 13.0. The molecule has 8 heteroatoms. The smallest absolute Gasteiger partial charge is 0.178 e. The van der Waals surface area contributed by atoms with Crippen LogP contribution in [-0.2, 0) is 0 Å². The van der Waals surface area contributed by atoms with Gasteiger partial charge in [-0.3, -0.25) is 0 Å². The molecule has 25 heavy (non-hydrogen) atoms. The van der Waals surface area contributed by atoms with Crippen molar-refractivity contribution in [3.8, 4) is 12.1 Å². The first-order valence-corrected chi connectivity index (χ1v) is 8.08. The van der Waals surface area contributed by atoms with Gasteiger partial charge in [-0.2, -0.15) is 15.0 Å². The average molecular weight is 350 g/mol. The monoisotopic (exact) mass is 349 g/mol. The van der Waals surface area contributed by atoms with Gasteiger partial charge >= 0.3 is 0 Å². The van der Waals surface area contributed by atoms with Crippen LogP contribution in [0.5, 0.6) is 0 Å². The number of aromatic nitrogens is 3. The van der Waals surface area contributed by atoms with E-state index in [1.165, 1.54) is 10.7 Å². The van der Waals surface area contributed by atoms with Crippen molar-refractivity contribution in [2.24, 2.45) is 0 Å². The number of nitriles is 2. The largest absolute Gasteiger partial charge is 0.379 e. The fourth-order valence-electron chi connectivity index (χ4n) is 2.49. The van der Waals surface area contributed by atoms with E-state index in [-0.39, 0.29) is 0 Å². The molecule has 0 unspecified atom stereocenters. The molecule has 3 aromatic rings. The standard InChI is InChI=1S/C17H12ClN7/c18-13-4-1-10(7-19)5-14(13)23-16-6-15(22-11-2-3-11)17-21-9-12(8-20)25(17)24-16/h1,4-6,9,11,22H,2-3H2,(H,23,24). The van der Waals surface area contributed by atoms with Crippen molar-refractivity contribution < 1.29 is 0 Å². The van der Waals surface area contributed by atoms with E-state index in [1.807, 2.05) is 6.07 Å². The van der Waals surface area contributed by atoms with Crippen LogP contribution in [0.3, 0.4) is 0 Å². The first-order valence-electron chi connectivity index (χ1n) is 7.70. The first-order chi connectivity index (χ1) is 12.2. The maximum Gasteiger partial charge on any atom is 0.178 e. The summed E-state index contributed by atoms with van der Waals surface area (Å²) < 4.78 is 1.50. The van der Waals surface area contributed by atoms with E-state index >= 15 is 0 Å². The molecule has 1 aliphatic carbocycles. The van der Waals surface area contributed by atoms with Gasteiger partial charge in [0, 0.05) is 12.1 Å². The van der Waals surface area contributed by atoms with Crippen molar-refractivity contribution in [3.05, 3.63) is 46.7 Å². The Kier molecular flexibility index (Phi) is 3.64. The van der Waals surface area contributed by atoms with E-state index < -0.39 is 0 Å². The number of benzene rings is 1. The van der Waals surface area contributed by atoms with Crippen LogP contribution in [0.1, 0.15) is 24.1 Å².